The van der Waals surface area contributed by atoms with Crippen molar-refractivity contribution in [1.29, 1.82) is 0 Å². The number of benzene rings is 1. The highest BCUT2D eigenvalue weighted by Crippen LogP contribution is 2.41. The number of hydrogen-bond donors (Lipinski definition) is 1. The Bertz CT molecular complexity index is 1200. The lowest BCUT2D eigenvalue weighted by atomic mass is 9.96. The number of hydrogen-bond acceptors (Lipinski definition) is 3. The molecule has 0 saturated carbocycles. The van der Waals surface area contributed by atoms with Crippen LogP contribution in [0.15, 0.2) is 83.6 Å². The van der Waals surface area contributed by atoms with Crippen LogP contribution in [0.3, 0.4) is 0 Å². The minimum Gasteiger partial charge on any atom is -0.467 e. The van der Waals surface area contributed by atoms with Crippen molar-refractivity contribution in [3.8, 4) is 0 Å². The van der Waals surface area contributed by atoms with Crippen molar-refractivity contribution in [2.45, 2.75) is 39.0 Å². The number of aromatic nitrogens is 2. The lowest BCUT2D eigenvalue weighted by Crippen LogP contribution is -2.29. The van der Waals surface area contributed by atoms with Crippen LogP contribution in [0.4, 0.5) is 0 Å². The van der Waals surface area contributed by atoms with Crippen molar-refractivity contribution >= 4 is 17.3 Å². The number of pyridine rings is 1. The van der Waals surface area contributed by atoms with E-state index in [0.717, 1.165) is 23.1 Å². The van der Waals surface area contributed by atoms with Crippen LogP contribution in [0.2, 0.25) is 0 Å². The summed E-state index contributed by atoms with van der Waals surface area (Å²) in [5, 5.41) is 4.25. The fourth-order valence-electron chi connectivity index (χ4n) is 4.62. The Hall–Kier alpha value is -3.38. The lowest BCUT2D eigenvalue weighted by molar-refractivity contribution is 0.286. The summed E-state index contributed by atoms with van der Waals surface area (Å²) in [7, 11) is 0. The quantitative estimate of drug-likeness (QED) is 0.410. The zero-order valence-corrected chi connectivity index (χ0v) is 19.0. The molecular formula is C26H26N4OS. The molecule has 0 aliphatic carbocycles. The predicted molar refractivity (Wildman–Crippen MR) is 129 cm³/mol. The van der Waals surface area contributed by atoms with E-state index in [2.05, 4.69) is 76.1 Å². The highest BCUT2D eigenvalue weighted by molar-refractivity contribution is 7.80. The third-order valence-corrected chi connectivity index (χ3v) is 6.57. The summed E-state index contributed by atoms with van der Waals surface area (Å²) in [6.45, 7) is 5.82. The van der Waals surface area contributed by atoms with E-state index < -0.39 is 0 Å². The van der Waals surface area contributed by atoms with Gasteiger partial charge in [0.15, 0.2) is 5.11 Å². The Labute approximate surface area is 193 Å². The molecule has 1 aliphatic heterocycles. The van der Waals surface area contributed by atoms with Crippen LogP contribution < -0.4 is 5.32 Å². The largest absolute Gasteiger partial charge is 0.467 e. The standard InChI is InChI=1S/C26H26N4OS/c1-18-15-22(19(2)29(18)16-20-9-4-3-5-10-20)25-24(23-12-6-7-13-27-23)28-26(32)30(25)17-21-11-8-14-31-21/h3-15,24-25H,16-17H2,1-2H3,(H,28,32)/t24-,25+/m1/s1. The summed E-state index contributed by atoms with van der Waals surface area (Å²) in [5.41, 5.74) is 6.00. The van der Waals surface area contributed by atoms with Gasteiger partial charge in [-0.15, -0.1) is 0 Å². The van der Waals surface area contributed by atoms with E-state index in [-0.39, 0.29) is 12.1 Å². The maximum Gasteiger partial charge on any atom is 0.170 e. The average molecular weight is 443 g/mol. The minimum atomic E-state index is -0.0377. The van der Waals surface area contributed by atoms with Crippen LogP contribution in [0, 0.1) is 13.8 Å². The van der Waals surface area contributed by atoms with Gasteiger partial charge in [-0.1, -0.05) is 36.4 Å². The van der Waals surface area contributed by atoms with E-state index in [1.807, 2.05) is 30.5 Å². The molecule has 1 aliphatic rings. The summed E-state index contributed by atoms with van der Waals surface area (Å²) in [5.74, 6) is 0.888. The molecule has 3 aromatic heterocycles. The Morgan fingerprint density at radius 2 is 1.81 bits per heavy atom. The van der Waals surface area contributed by atoms with Crippen molar-refractivity contribution in [3.05, 3.63) is 113 Å². The van der Waals surface area contributed by atoms with Gasteiger partial charge in [-0.3, -0.25) is 4.98 Å². The van der Waals surface area contributed by atoms with Gasteiger partial charge in [-0.05, 0) is 67.5 Å². The van der Waals surface area contributed by atoms with Gasteiger partial charge >= 0.3 is 0 Å². The molecule has 1 fully saturated rings. The molecule has 1 saturated heterocycles. The molecule has 4 heterocycles. The normalized spacial score (nSPS) is 18.2. The van der Waals surface area contributed by atoms with Crippen molar-refractivity contribution in [2.75, 3.05) is 0 Å². The molecule has 0 amide bonds. The van der Waals surface area contributed by atoms with Gasteiger partial charge in [-0.25, -0.2) is 0 Å². The van der Waals surface area contributed by atoms with E-state index in [1.54, 1.807) is 6.26 Å². The fourth-order valence-corrected chi connectivity index (χ4v) is 4.93. The van der Waals surface area contributed by atoms with Crippen LogP contribution in [-0.4, -0.2) is 19.6 Å². The van der Waals surface area contributed by atoms with Crippen molar-refractivity contribution in [2.24, 2.45) is 0 Å². The summed E-state index contributed by atoms with van der Waals surface area (Å²) >= 11 is 5.79. The Kier molecular flexibility index (Phi) is 5.53. The summed E-state index contributed by atoms with van der Waals surface area (Å²) < 4.78 is 8.04. The van der Waals surface area contributed by atoms with Gasteiger partial charge < -0.3 is 19.2 Å². The summed E-state index contributed by atoms with van der Waals surface area (Å²) in [6.07, 6.45) is 3.55. The van der Waals surface area contributed by atoms with E-state index in [9.17, 15) is 0 Å². The summed E-state index contributed by atoms with van der Waals surface area (Å²) in [4.78, 5) is 6.87. The highest BCUT2D eigenvalue weighted by atomic mass is 32.1. The Balaban J connectivity index is 1.56. The fraction of sp³-hybridized carbons (Fsp3) is 0.231. The lowest BCUT2D eigenvalue weighted by Gasteiger charge is -2.27. The molecule has 0 unspecified atom stereocenters. The SMILES string of the molecule is Cc1cc([C@H]2[C@@H](c3ccccn3)NC(=S)N2Cc2ccco2)c(C)n1Cc1ccccc1. The second kappa shape index (κ2) is 8.63. The van der Waals surface area contributed by atoms with Gasteiger partial charge in [0, 0.05) is 24.1 Å². The molecule has 1 N–H and O–H groups in total. The first-order chi connectivity index (χ1) is 15.6. The Morgan fingerprint density at radius 1 is 1.00 bits per heavy atom. The second-order valence-corrected chi connectivity index (χ2v) is 8.62. The number of aryl methyl sites for hydroxylation is 1. The van der Waals surface area contributed by atoms with Gasteiger partial charge in [0.05, 0.1) is 30.6 Å². The van der Waals surface area contributed by atoms with Crippen LogP contribution in [0.1, 0.15) is 46.1 Å². The zero-order valence-electron chi connectivity index (χ0n) is 18.2. The predicted octanol–water partition coefficient (Wildman–Crippen LogP) is 5.31. The van der Waals surface area contributed by atoms with Gasteiger partial charge in [0.25, 0.3) is 0 Å². The monoisotopic (exact) mass is 442 g/mol. The first-order valence-corrected chi connectivity index (χ1v) is 11.2. The average Bonchev–Trinajstić information content (AvgIpc) is 3.51. The number of rotatable bonds is 6. The number of thiocarbonyl (C=S) groups is 1. The first kappa shape index (κ1) is 20.5. The van der Waals surface area contributed by atoms with Crippen LogP contribution in [0.5, 0.6) is 0 Å². The van der Waals surface area contributed by atoms with Crippen molar-refractivity contribution in [3.63, 3.8) is 0 Å². The van der Waals surface area contributed by atoms with E-state index >= 15 is 0 Å². The molecule has 5 rings (SSSR count). The smallest absolute Gasteiger partial charge is 0.170 e. The molecular weight excluding hydrogens is 416 g/mol. The molecule has 0 radical (unpaired) electrons. The molecule has 2 atom stereocenters. The van der Waals surface area contributed by atoms with Crippen LogP contribution >= 0.6 is 12.2 Å². The molecule has 6 heteroatoms. The zero-order chi connectivity index (χ0) is 22.1. The molecule has 1 aromatic carbocycles. The van der Waals surface area contributed by atoms with E-state index in [1.165, 1.54) is 22.5 Å². The third-order valence-electron chi connectivity index (χ3n) is 6.22. The van der Waals surface area contributed by atoms with Crippen LogP contribution in [0.25, 0.3) is 0 Å². The van der Waals surface area contributed by atoms with Crippen LogP contribution in [-0.2, 0) is 13.1 Å². The molecule has 0 bridgehead atoms. The third kappa shape index (κ3) is 3.82. The van der Waals surface area contributed by atoms with Gasteiger partial charge in [-0.2, -0.15) is 0 Å². The Morgan fingerprint density at radius 3 is 2.53 bits per heavy atom. The summed E-state index contributed by atoms with van der Waals surface area (Å²) in [6, 6.07) is 22.8. The molecule has 32 heavy (non-hydrogen) atoms. The second-order valence-electron chi connectivity index (χ2n) is 8.23. The maximum absolute atomic E-state index is 5.79. The number of nitrogens with zero attached hydrogens (tertiary/aromatic N) is 3. The van der Waals surface area contributed by atoms with E-state index in [0.29, 0.717) is 6.54 Å². The molecule has 162 valence electrons. The minimum absolute atomic E-state index is 0.0122. The maximum atomic E-state index is 5.79. The van der Waals surface area contributed by atoms with Gasteiger partial charge in [0.1, 0.15) is 5.76 Å². The molecule has 4 aromatic rings. The molecule has 0 spiro atoms. The van der Waals surface area contributed by atoms with E-state index in [4.69, 9.17) is 16.6 Å². The van der Waals surface area contributed by atoms with Crippen molar-refractivity contribution < 1.29 is 4.42 Å². The molecule has 5 nitrogen and oxygen atoms in total. The topological polar surface area (TPSA) is 46.2 Å². The first-order valence-electron chi connectivity index (χ1n) is 10.8. The van der Waals surface area contributed by atoms with Gasteiger partial charge in [0.2, 0.25) is 0 Å². The number of nitrogens with one attached hydrogen (secondary N) is 1. The highest BCUT2D eigenvalue weighted by Gasteiger charge is 2.41. The number of furan rings is 1. The van der Waals surface area contributed by atoms with Crippen molar-refractivity contribution in [1.82, 2.24) is 19.8 Å².